The predicted molar refractivity (Wildman–Crippen MR) is 82.8 cm³/mol. The zero-order chi connectivity index (χ0) is 16.2. The van der Waals surface area contributed by atoms with Crippen LogP contribution in [0.15, 0.2) is 30.3 Å². The van der Waals surface area contributed by atoms with Gasteiger partial charge in [0.15, 0.2) is 5.69 Å². The Morgan fingerprint density at radius 2 is 1.78 bits per heavy atom. The van der Waals surface area contributed by atoms with E-state index in [0.29, 0.717) is 11.3 Å². The van der Waals surface area contributed by atoms with E-state index in [1.165, 1.54) is 4.68 Å². The van der Waals surface area contributed by atoms with Crippen molar-refractivity contribution >= 4 is 11.9 Å². The summed E-state index contributed by atoms with van der Waals surface area (Å²) in [6.07, 6.45) is 3.16. The Hall–Kier alpha value is -2.70. The van der Waals surface area contributed by atoms with Gasteiger partial charge < -0.3 is 10.0 Å². The highest BCUT2D eigenvalue weighted by atomic mass is 16.4. The first-order valence-electron chi connectivity index (χ1n) is 7.67. The molecule has 1 aromatic carbocycles. The number of nitrogens with zero attached hydrogens (tertiary/aromatic N) is 4. The molecular formula is C16H18N4O3. The van der Waals surface area contributed by atoms with Gasteiger partial charge in [-0.2, -0.15) is 0 Å². The molecule has 1 fully saturated rings. The summed E-state index contributed by atoms with van der Waals surface area (Å²) in [4.78, 5) is 25.6. The minimum absolute atomic E-state index is 0.00447. The molecule has 1 N–H and O–H groups in total. The highest BCUT2D eigenvalue weighted by Crippen LogP contribution is 2.22. The average molecular weight is 314 g/mol. The van der Waals surface area contributed by atoms with Gasteiger partial charge in [-0.25, -0.2) is 9.48 Å². The number of aromatic carboxylic acids is 1. The van der Waals surface area contributed by atoms with E-state index in [9.17, 15) is 14.7 Å². The zero-order valence-corrected chi connectivity index (χ0v) is 12.7. The quantitative estimate of drug-likeness (QED) is 0.927. The lowest BCUT2D eigenvalue weighted by atomic mass is 10.1. The number of hydrogen-bond acceptors (Lipinski definition) is 4. The molecule has 2 aromatic rings. The standard InChI is InChI=1S/C16H18N4O3/c21-13(19-9-5-2-6-10-19)11-20-15(12-7-3-1-4-8-12)14(16(22)23)17-18-20/h1,3-4,7-8H,2,5-6,9-11H2,(H,22,23). The lowest BCUT2D eigenvalue weighted by molar-refractivity contribution is -0.132. The third kappa shape index (κ3) is 3.23. The molecule has 23 heavy (non-hydrogen) atoms. The second-order valence-corrected chi connectivity index (χ2v) is 5.56. The van der Waals surface area contributed by atoms with E-state index in [0.717, 1.165) is 32.4 Å². The monoisotopic (exact) mass is 314 g/mol. The van der Waals surface area contributed by atoms with Crippen molar-refractivity contribution in [1.82, 2.24) is 19.9 Å². The van der Waals surface area contributed by atoms with Crippen molar-refractivity contribution in [3.05, 3.63) is 36.0 Å². The molecule has 1 saturated heterocycles. The van der Waals surface area contributed by atoms with Crippen molar-refractivity contribution < 1.29 is 14.7 Å². The van der Waals surface area contributed by atoms with E-state index in [-0.39, 0.29) is 18.1 Å². The molecule has 0 unspecified atom stereocenters. The molecule has 120 valence electrons. The number of piperidine rings is 1. The van der Waals surface area contributed by atoms with Crippen molar-refractivity contribution in [2.75, 3.05) is 13.1 Å². The molecule has 0 atom stereocenters. The third-order valence-electron chi connectivity index (χ3n) is 3.98. The fourth-order valence-electron chi connectivity index (χ4n) is 2.82. The summed E-state index contributed by atoms with van der Waals surface area (Å²) >= 11 is 0. The van der Waals surface area contributed by atoms with E-state index in [4.69, 9.17) is 0 Å². The fourth-order valence-corrected chi connectivity index (χ4v) is 2.82. The van der Waals surface area contributed by atoms with E-state index < -0.39 is 5.97 Å². The molecule has 0 saturated carbocycles. The minimum atomic E-state index is -1.15. The van der Waals surface area contributed by atoms with Crippen LogP contribution in [0, 0.1) is 0 Å². The summed E-state index contributed by atoms with van der Waals surface area (Å²) in [5, 5.41) is 16.9. The maximum absolute atomic E-state index is 12.4. The summed E-state index contributed by atoms with van der Waals surface area (Å²) in [6.45, 7) is 1.50. The van der Waals surface area contributed by atoms with Crippen LogP contribution in [0.4, 0.5) is 0 Å². The Kier molecular flexibility index (Phi) is 4.36. The molecule has 0 bridgehead atoms. The van der Waals surface area contributed by atoms with Crippen LogP contribution >= 0.6 is 0 Å². The molecule has 1 amide bonds. The van der Waals surface area contributed by atoms with Gasteiger partial charge in [-0.15, -0.1) is 5.10 Å². The van der Waals surface area contributed by atoms with E-state index in [1.54, 1.807) is 17.0 Å². The smallest absolute Gasteiger partial charge is 0.358 e. The molecule has 7 heteroatoms. The van der Waals surface area contributed by atoms with Crippen LogP contribution in [0.5, 0.6) is 0 Å². The van der Waals surface area contributed by atoms with Gasteiger partial charge in [0.1, 0.15) is 12.2 Å². The van der Waals surface area contributed by atoms with E-state index >= 15 is 0 Å². The van der Waals surface area contributed by atoms with Crippen LogP contribution in [0.25, 0.3) is 11.3 Å². The van der Waals surface area contributed by atoms with Gasteiger partial charge in [-0.05, 0) is 19.3 Å². The Morgan fingerprint density at radius 1 is 1.09 bits per heavy atom. The van der Waals surface area contributed by atoms with E-state index in [2.05, 4.69) is 10.3 Å². The lowest BCUT2D eigenvalue weighted by Gasteiger charge is -2.26. The third-order valence-corrected chi connectivity index (χ3v) is 3.98. The summed E-state index contributed by atoms with van der Waals surface area (Å²) < 4.78 is 1.38. The number of likely N-dealkylation sites (tertiary alicyclic amines) is 1. The normalized spacial score (nSPS) is 14.7. The molecule has 7 nitrogen and oxygen atoms in total. The summed E-state index contributed by atoms with van der Waals surface area (Å²) in [6, 6.07) is 9.03. The first-order chi connectivity index (χ1) is 11.2. The number of aromatic nitrogens is 3. The molecule has 1 aliphatic rings. The van der Waals surface area contributed by atoms with Gasteiger partial charge in [-0.1, -0.05) is 35.5 Å². The number of carbonyl (C=O) groups excluding carboxylic acids is 1. The van der Waals surface area contributed by atoms with Crippen LogP contribution < -0.4 is 0 Å². The number of hydrogen-bond donors (Lipinski definition) is 1. The van der Waals surface area contributed by atoms with Gasteiger partial charge in [0.2, 0.25) is 5.91 Å². The van der Waals surface area contributed by atoms with Crippen molar-refractivity contribution in [1.29, 1.82) is 0 Å². The first-order valence-corrected chi connectivity index (χ1v) is 7.67. The summed E-state index contributed by atoms with van der Waals surface area (Å²) in [5.74, 6) is -1.20. The topological polar surface area (TPSA) is 88.3 Å². The Balaban J connectivity index is 1.90. The maximum atomic E-state index is 12.4. The Labute approximate surface area is 133 Å². The molecule has 0 spiro atoms. The van der Waals surface area contributed by atoms with E-state index in [1.807, 2.05) is 18.2 Å². The number of benzene rings is 1. The van der Waals surface area contributed by atoms with Gasteiger partial charge in [0, 0.05) is 18.7 Å². The molecule has 1 aliphatic heterocycles. The molecule has 2 heterocycles. The number of amides is 1. The fraction of sp³-hybridized carbons (Fsp3) is 0.375. The molecular weight excluding hydrogens is 296 g/mol. The van der Waals surface area contributed by atoms with Gasteiger partial charge in [-0.3, -0.25) is 4.79 Å². The van der Waals surface area contributed by atoms with Crippen LogP contribution in [0.3, 0.4) is 0 Å². The minimum Gasteiger partial charge on any atom is -0.476 e. The highest BCUT2D eigenvalue weighted by molar-refractivity contribution is 5.93. The van der Waals surface area contributed by atoms with Crippen LogP contribution in [-0.4, -0.2) is 50.0 Å². The Morgan fingerprint density at radius 3 is 2.43 bits per heavy atom. The van der Waals surface area contributed by atoms with Crippen molar-refractivity contribution in [2.45, 2.75) is 25.8 Å². The van der Waals surface area contributed by atoms with Crippen LogP contribution in [-0.2, 0) is 11.3 Å². The average Bonchev–Trinajstić information content (AvgIpc) is 3.00. The number of carboxylic acid groups (broad SMARTS) is 1. The van der Waals surface area contributed by atoms with Gasteiger partial charge >= 0.3 is 5.97 Å². The maximum Gasteiger partial charge on any atom is 0.358 e. The largest absolute Gasteiger partial charge is 0.476 e. The summed E-state index contributed by atoms with van der Waals surface area (Å²) in [5.41, 5.74) is 0.910. The van der Waals surface area contributed by atoms with Crippen LogP contribution in [0.2, 0.25) is 0 Å². The molecule has 0 radical (unpaired) electrons. The SMILES string of the molecule is O=C(O)c1nnn(CC(=O)N2CCCCC2)c1-c1ccccc1. The summed E-state index contributed by atoms with van der Waals surface area (Å²) in [7, 11) is 0. The van der Waals surface area contributed by atoms with Crippen LogP contribution in [0.1, 0.15) is 29.8 Å². The second kappa shape index (κ2) is 6.60. The predicted octanol–water partition coefficient (Wildman–Crippen LogP) is 1.66. The highest BCUT2D eigenvalue weighted by Gasteiger charge is 2.24. The first kappa shape index (κ1) is 15.2. The lowest BCUT2D eigenvalue weighted by Crippen LogP contribution is -2.38. The van der Waals surface area contributed by atoms with Gasteiger partial charge in [0.25, 0.3) is 0 Å². The van der Waals surface area contributed by atoms with Gasteiger partial charge in [0.05, 0.1) is 0 Å². The van der Waals surface area contributed by atoms with Crippen molar-refractivity contribution in [3.8, 4) is 11.3 Å². The van der Waals surface area contributed by atoms with Crippen molar-refractivity contribution in [3.63, 3.8) is 0 Å². The molecule has 0 aliphatic carbocycles. The molecule has 3 rings (SSSR count). The Bertz CT molecular complexity index is 705. The zero-order valence-electron chi connectivity index (χ0n) is 12.7. The number of carbonyl (C=O) groups is 2. The molecule has 1 aromatic heterocycles. The van der Waals surface area contributed by atoms with Crippen molar-refractivity contribution in [2.24, 2.45) is 0 Å². The second-order valence-electron chi connectivity index (χ2n) is 5.56. The number of rotatable bonds is 4. The number of carboxylic acids is 1.